The summed E-state index contributed by atoms with van der Waals surface area (Å²) < 4.78 is 1.63. The average Bonchev–Trinajstić information content (AvgIpc) is 2.92. The lowest BCUT2D eigenvalue weighted by atomic mass is 10.1. The number of aryl methyl sites for hydroxylation is 1. The van der Waals surface area contributed by atoms with Gasteiger partial charge in [0.25, 0.3) is 0 Å². The van der Waals surface area contributed by atoms with E-state index in [0.717, 1.165) is 11.3 Å². The number of rotatable bonds is 3. The van der Waals surface area contributed by atoms with Crippen molar-refractivity contribution in [2.24, 2.45) is 0 Å². The van der Waals surface area contributed by atoms with Gasteiger partial charge in [-0.2, -0.15) is 0 Å². The van der Waals surface area contributed by atoms with E-state index in [0.29, 0.717) is 12.1 Å². The molecular formula is C16H15N3O2. The first kappa shape index (κ1) is 13.2. The van der Waals surface area contributed by atoms with E-state index in [1.54, 1.807) is 4.68 Å². The van der Waals surface area contributed by atoms with E-state index in [2.05, 4.69) is 10.3 Å². The standard InChI is InChI=1S/C16H15N3O2/c1-11-2-4-12(5-3-11)15-10-19(18-17-15)9-13-8-14(20)6-7-16(13)21/h2-8,10,20-21H,9H2,1H3. The van der Waals surface area contributed by atoms with Gasteiger partial charge in [-0.25, -0.2) is 4.68 Å². The fourth-order valence-corrected chi connectivity index (χ4v) is 2.11. The van der Waals surface area contributed by atoms with Crippen molar-refractivity contribution in [3.63, 3.8) is 0 Å². The Morgan fingerprint density at radius 1 is 1.05 bits per heavy atom. The summed E-state index contributed by atoms with van der Waals surface area (Å²) in [5.41, 5.74) is 3.55. The average molecular weight is 281 g/mol. The number of aromatic hydroxyl groups is 2. The van der Waals surface area contributed by atoms with Gasteiger partial charge in [-0.3, -0.25) is 0 Å². The molecule has 0 fully saturated rings. The van der Waals surface area contributed by atoms with Crippen molar-refractivity contribution < 1.29 is 10.2 Å². The summed E-state index contributed by atoms with van der Waals surface area (Å²) in [6, 6.07) is 12.5. The molecule has 3 rings (SSSR count). The zero-order valence-corrected chi connectivity index (χ0v) is 11.6. The molecule has 0 aliphatic carbocycles. The third-order valence-electron chi connectivity index (χ3n) is 3.28. The SMILES string of the molecule is Cc1ccc(-c2cn(Cc3cc(O)ccc3O)nn2)cc1. The van der Waals surface area contributed by atoms with Crippen LogP contribution in [-0.2, 0) is 6.54 Å². The van der Waals surface area contributed by atoms with E-state index in [9.17, 15) is 10.2 Å². The molecule has 0 unspecified atom stereocenters. The molecule has 0 aliphatic heterocycles. The van der Waals surface area contributed by atoms with E-state index >= 15 is 0 Å². The fraction of sp³-hybridized carbons (Fsp3) is 0.125. The molecule has 0 spiro atoms. The van der Waals surface area contributed by atoms with Crippen molar-refractivity contribution >= 4 is 0 Å². The second-order valence-electron chi connectivity index (χ2n) is 4.98. The van der Waals surface area contributed by atoms with Crippen LogP contribution in [0.15, 0.2) is 48.7 Å². The maximum Gasteiger partial charge on any atom is 0.120 e. The van der Waals surface area contributed by atoms with Crippen molar-refractivity contribution in [1.82, 2.24) is 15.0 Å². The van der Waals surface area contributed by atoms with Gasteiger partial charge >= 0.3 is 0 Å². The number of phenols is 2. The Labute approximate surface area is 122 Å². The quantitative estimate of drug-likeness (QED) is 0.724. The zero-order chi connectivity index (χ0) is 14.8. The van der Waals surface area contributed by atoms with Crippen molar-refractivity contribution in [1.29, 1.82) is 0 Å². The monoisotopic (exact) mass is 281 g/mol. The van der Waals surface area contributed by atoms with Gasteiger partial charge in [-0.05, 0) is 25.1 Å². The van der Waals surface area contributed by atoms with Gasteiger partial charge in [0.05, 0.1) is 12.7 Å². The number of hydrogen-bond donors (Lipinski definition) is 2. The Morgan fingerprint density at radius 2 is 1.81 bits per heavy atom. The van der Waals surface area contributed by atoms with Crippen LogP contribution < -0.4 is 0 Å². The summed E-state index contributed by atoms with van der Waals surface area (Å²) in [6.45, 7) is 2.38. The van der Waals surface area contributed by atoms with Crippen LogP contribution in [-0.4, -0.2) is 25.2 Å². The van der Waals surface area contributed by atoms with Crippen LogP contribution in [0.4, 0.5) is 0 Å². The summed E-state index contributed by atoms with van der Waals surface area (Å²) in [5.74, 6) is 0.238. The molecule has 5 nitrogen and oxygen atoms in total. The van der Waals surface area contributed by atoms with Gasteiger partial charge in [-0.1, -0.05) is 35.0 Å². The van der Waals surface area contributed by atoms with Crippen LogP contribution in [0.5, 0.6) is 11.5 Å². The third kappa shape index (κ3) is 2.86. The third-order valence-corrected chi connectivity index (χ3v) is 3.28. The molecule has 0 saturated carbocycles. The highest BCUT2D eigenvalue weighted by Crippen LogP contribution is 2.23. The lowest BCUT2D eigenvalue weighted by Gasteiger charge is -2.04. The van der Waals surface area contributed by atoms with Gasteiger partial charge in [0.2, 0.25) is 0 Å². The largest absolute Gasteiger partial charge is 0.508 e. The second-order valence-corrected chi connectivity index (χ2v) is 4.98. The second kappa shape index (κ2) is 5.28. The molecule has 0 bridgehead atoms. The Bertz CT molecular complexity index is 763. The zero-order valence-electron chi connectivity index (χ0n) is 11.6. The predicted molar refractivity (Wildman–Crippen MR) is 79.1 cm³/mol. The van der Waals surface area contributed by atoms with Crippen molar-refractivity contribution in [3.8, 4) is 22.8 Å². The van der Waals surface area contributed by atoms with Crippen LogP contribution in [0.3, 0.4) is 0 Å². The molecule has 106 valence electrons. The maximum absolute atomic E-state index is 9.78. The summed E-state index contributed by atoms with van der Waals surface area (Å²) in [7, 11) is 0. The lowest BCUT2D eigenvalue weighted by Crippen LogP contribution is -2.00. The molecule has 0 atom stereocenters. The van der Waals surface area contributed by atoms with Gasteiger partial charge in [0, 0.05) is 11.1 Å². The molecule has 21 heavy (non-hydrogen) atoms. The normalized spacial score (nSPS) is 10.7. The van der Waals surface area contributed by atoms with Crippen molar-refractivity contribution in [2.75, 3.05) is 0 Å². The van der Waals surface area contributed by atoms with Gasteiger partial charge < -0.3 is 10.2 Å². The Balaban J connectivity index is 1.85. The molecule has 3 aromatic rings. The summed E-state index contributed by atoms with van der Waals surface area (Å²) in [6.07, 6.45) is 1.81. The van der Waals surface area contributed by atoms with Crippen LogP contribution in [0.1, 0.15) is 11.1 Å². The predicted octanol–water partition coefficient (Wildman–Crippen LogP) is 2.71. The van der Waals surface area contributed by atoms with Crippen LogP contribution in [0, 0.1) is 6.92 Å². The van der Waals surface area contributed by atoms with E-state index in [1.807, 2.05) is 37.4 Å². The smallest absolute Gasteiger partial charge is 0.120 e. The van der Waals surface area contributed by atoms with Crippen molar-refractivity contribution in [3.05, 3.63) is 59.8 Å². The number of aromatic nitrogens is 3. The number of benzene rings is 2. The molecule has 0 radical (unpaired) electrons. The molecule has 0 saturated heterocycles. The fourth-order valence-electron chi connectivity index (χ4n) is 2.11. The Morgan fingerprint density at radius 3 is 2.57 bits per heavy atom. The van der Waals surface area contributed by atoms with Crippen LogP contribution in [0.25, 0.3) is 11.3 Å². The number of nitrogens with zero attached hydrogens (tertiary/aromatic N) is 3. The topological polar surface area (TPSA) is 71.2 Å². The van der Waals surface area contributed by atoms with E-state index < -0.39 is 0 Å². The van der Waals surface area contributed by atoms with Gasteiger partial charge in [-0.15, -0.1) is 5.10 Å². The highest BCUT2D eigenvalue weighted by Gasteiger charge is 2.07. The van der Waals surface area contributed by atoms with Gasteiger partial charge in [0.1, 0.15) is 17.2 Å². The molecule has 5 heteroatoms. The van der Waals surface area contributed by atoms with E-state index in [-0.39, 0.29) is 11.5 Å². The molecule has 1 aromatic heterocycles. The first-order valence-electron chi connectivity index (χ1n) is 6.60. The maximum atomic E-state index is 9.78. The Hall–Kier alpha value is -2.82. The molecule has 1 heterocycles. The van der Waals surface area contributed by atoms with E-state index in [4.69, 9.17) is 0 Å². The molecular weight excluding hydrogens is 266 g/mol. The minimum absolute atomic E-state index is 0.113. The van der Waals surface area contributed by atoms with Crippen LogP contribution in [0.2, 0.25) is 0 Å². The summed E-state index contributed by atoms with van der Waals surface area (Å²) in [5, 5.41) is 27.4. The molecule has 2 N–H and O–H groups in total. The first-order valence-corrected chi connectivity index (χ1v) is 6.60. The highest BCUT2D eigenvalue weighted by atomic mass is 16.3. The van der Waals surface area contributed by atoms with Crippen LogP contribution >= 0.6 is 0 Å². The minimum atomic E-state index is 0.113. The minimum Gasteiger partial charge on any atom is -0.508 e. The van der Waals surface area contributed by atoms with E-state index in [1.165, 1.54) is 23.8 Å². The molecule has 0 aliphatic rings. The lowest BCUT2D eigenvalue weighted by molar-refractivity contribution is 0.450. The Kier molecular flexibility index (Phi) is 3.31. The first-order chi connectivity index (χ1) is 10.1. The highest BCUT2D eigenvalue weighted by molar-refractivity contribution is 5.57. The molecule has 2 aromatic carbocycles. The summed E-state index contributed by atoms with van der Waals surface area (Å²) in [4.78, 5) is 0. The number of phenolic OH excluding ortho intramolecular Hbond substituents is 2. The van der Waals surface area contributed by atoms with Gasteiger partial charge in [0.15, 0.2) is 0 Å². The summed E-state index contributed by atoms with van der Waals surface area (Å²) >= 11 is 0. The van der Waals surface area contributed by atoms with Crippen molar-refractivity contribution in [2.45, 2.75) is 13.5 Å². The number of hydrogen-bond acceptors (Lipinski definition) is 4. The molecule has 0 amide bonds.